The first kappa shape index (κ1) is 18.4. The normalized spacial score (nSPS) is 12.2. The number of halogens is 2. The van der Waals surface area contributed by atoms with Crippen molar-refractivity contribution >= 4 is 17.0 Å². The molecule has 2 rings (SSSR count). The lowest BCUT2D eigenvalue weighted by atomic mass is 9.97. The minimum atomic E-state index is -2.39. The molecule has 0 saturated heterocycles. The highest BCUT2D eigenvalue weighted by Gasteiger charge is 2.21. The average Bonchev–Trinajstić information content (AvgIpc) is 2.88. The Kier molecular flexibility index (Phi) is 5.28. The van der Waals surface area contributed by atoms with Crippen LogP contribution in [0.1, 0.15) is 43.9 Å². The first-order chi connectivity index (χ1) is 11.1. The van der Waals surface area contributed by atoms with Crippen molar-refractivity contribution in [1.82, 2.24) is 4.57 Å². The van der Waals surface area contributed by atoms with Crippen molar-refractivity contribution in [3.05, 3.63) is 35.0 Å². The molecule has 0 saturated carbocycles. The Morgan fingerprint density at radius 2 is 2.04 bits per heavy atom. The molecule has 0 bridgehead atoms. The van der Waals surface area contributed by atoms with E-state index in [1.807, 2.05) is 6.92 Å². The number of aliphatic hydroxyl groups is 1. The van der Waals surface area contributed by atoms with E-state index in [9.17, 15) is 18.7 Å². The number of nitrogens with zero attached hydrogens (tertiary/aromatic N) is 1. The number of carbonyl (C=O) groups is 1. The smallest absolute Gasteiger partial charge is 0.418 e. The van der Waals surface area contributed by atoms with E-state index in [-0.39, 0.29) is 19.4 Å². The molecular weight excluding hydrogens is 316 g/mol. The van der Waals surface area contributed by atoms with Gasteiger partial charge in [-0.3, -0.25) is 4.57 Å². The molecule has 0 aliphatic carbocycles. The van der Waals surface area contributed by atoms with Crippen LogP contribution >= 0.6 is 0 Å². The van der Waals surface area contributed by atoms with Gasteiger partial charge in [-0.1, -0.05) is 6.07 Å². The Labute approximate surface area is 140 Å². The van der Waals surface area contributed by atoms with Gasteiger partial charge in [0, 0.05) is 18.0 Å². The number of carbonyl (C=O) groups excluding carboxylic acids is 1. The highest BCUT2D eigenvalue weighted by Crippen LogP contribution is 2.29. The van der Waals surface area contributed by atoms with E-state index in [4.69, 9.17) is 4.74 Å². The lowest BCUT2D eigenvalue weighted by Gasteiger charge is -2.20. The summed E-state index contributed by atoms with van der Waals surface area (Å²) in [6.07, 6.45) is -1.39. The quantitative estimate of drug-likeness (QED) is 0.897. The molecule has 1 heterocycles. The number of alkyl halides is 2. The number of fused-ring (bicyclic) bond motifs is 1. The molecule has 2 aromatic rings. The van der Waals surface area contributed by atoms with E-state index in [0.29, 0.717) is 22.0 Å². The van der Waals surface area contributed by atoms with Crippen molar-refractivity contribution < 1.29 is 23.4 Å². The van der Waals surface area contributed by atoms with Crippen LogP contribution in [0.15, 0.2) is 18.3 Å². The fraction of sp³-hybridized carbons (Fsp3) is 0.500. The van der Waals surface area contributed by atoms with Crippen LogP contribution in [0.25, 0.3) is 10.9 Å². The van der Waals surface area contributed by atoms with E-state index in [1.165, 1.54) is 4.57 Å². The van der Waals surface area contributed by atoms with Gasteiger partial charge in [-0.15, -0.1) is 0 Å². The van der Waals surface area contributed by atoms with Gasteiger partial charge in [0.1, 0.15) is 5.60 Å². The maximum atomic E-state index is 12.5. The largest absolute Gasteiger partial charge is 0.443 e. The molecule has 0 atom stereocenters. The highest BCUT2D eigenvalue weighted by molar-refractivity contribution is 5.94. The van der Waals surface area contributed by atoms with E-state index in [0.717, 1.165) is 5.56 Å². The van der Waals surface area contributed by atoms with Crippen LogP contribution in [0.5, 0.6) is 0 Å². The van der Waals surface area contributed by atoms with E-state index in [1.54, 1.807) is 39.1 Å². The third-order valence-corrected chi connectivity index (χ3v) is 3.74. The second-order valence-electron chi connectivity index (χ2n) is 6.85. The van der Waals surface area contributed by atoms with Crippen LogP contribution in [0.4, 0.5) is 13.6 Å². The summed E-state index contributed by atoms with van der Waals surface area (Å²) in [4.78, 5) is 12.4. The van der Waals surface area contributed by atoms with Crippen LogP contribution in [-0.4, -0.2) is 27.8 Å². The molecule has 0 amide bonds. The summed E-state index contributed by atoms with van der Waals surface area (Å²) in [6, 6.07) is 3.47. The Hall–Kier alpha value is -1.95. The van der Waals surface area contributed by atoms with Crippen LogP contribution in [0.2, 0.25) is 0 Å². The Morgan fingerprint density at radius 3 is 2.58 bits per heavy atom. The zero-order valence-electron chi connectivity index (χ0n) is 14.4. The lowest BCUT2D eigenvalue weighted by molar-refractivity contribution is 0.0544. The number of ether oxygens (including phenoxy) is 1. The third-order valence-electron chi connectivity index (χ3n) is 3.74. The summed E-state index contributed by atoms with van der Waals surface area (Å²) in [5.74, 6) is 0. The summed E-state index contributed by atoms with van der Waals surface area (Å²) in [5.41, 5.74) is 2.05. The fourth-order valence-corrected chi connectivity index (χ4v) is 2.81. The lowest BCUT2D eigenvalue weighted by Crippen LogP contribution is -2.26. The molecule has 4 nitrogen and oxygen atoms in total. The fourth-order valence-electron chi connectivity index (χ4n) is 2.81. The van der Waals surface area contributed by atoms with Crippen LogP contribution in [0, 0.1) is 6.92 Å². The topological polar surface area (TPSA) is 51.5 Å². The monoisotopic (exact) mass is 339 g/mol. The third kappa shape index (κ3) is 3.93. The molecule has 0 aliphatic heterocycles. The second-order valence-corrected chi connectivity index (χ2v) is 6.85. The predicted octanol–water partition coefficient (Wildman–Crippen LogP) is 4.42. The summed E-state index contributed by atoms with van der Waals surface area (Å²) < 4.78 is 31.8. The zero-order chi connectivity index (χ0) is 18.1. The Bertz CT molecular complexity index is 745. The van der Waals surface area contributed by atoms with Gasteiger partial charge in [0.25, 0.3) is 0 Å². The molecule has 0 aliphatic rings. The van der Waals surface area contributed by atoms with Crippen molar-refractivity contribution in [2.45, 2.75) is 59.2 Å². The van der Waals surface area contributed by atoms with Gasteiger partial charge in [0.05, 0.1) is 12.1 Å². The molecule has 0 fully saturated rings. The molecule has 0 unspecified atom stereocenters. The number of benzene rings is 1. The molecule has 1 aromatic heterocycles. The Morgan fingerprint density at radius 1 is 1.38 bits per heavy atom. The van der Waals surface area contributed by atoms with E-state index < -0.39 is 18.1 Å². The maximum absolute atomic E-state index is 12.5. The number of aliphatic hydroxyl groups excluding tert-OH is 1. The summed E-state index contributed by atoms with van der Waals surface area (Å²) in [5, 5.41) is 10.4. The second kappa shape index (κ2) is 6.89. The van der Waals surface area contributed by atoms with E-state index in [2.05, 4.69) is 0 Å². The van der Waals surface area contributed by atoms with Crippen molar-refractivity contribution in [2.75, 3.05) is 0 Å². The van der Waals surface area contributed by atoms with Gasteiger partial charge >= 0.3 is 6.09 Å². The summed E-state index contributed by atoms with van der Waals surface area (Å²) in [6.45, 7) is 6.89. The van der Waals surface area contributed by atoms with Gasteiger partial charge in [0.15, 0.2) is 0 Å². The van der Waals surface area contributed by atoms with Gasteiger partial charge in [-0.05, 0) is 56.9 Å². The number of hydrogen-bond donors (Lipinski definition) is 1. The maximum Gasteiger partial charge on any atom is 0.418 e. The van der Waals surface area contributed by atoms with Crippen LogP contribution < -0.4 is 0 Å². The molecule has 0 spiro atoms. The van der Waals surface area contributed by atoms with Gasteiger partial charge in [-0.2, -0.15) is 0 Å². The van der Waals surface area contributed by atoms with Crippen molar-refractivity contribution in [3.63, 3.8) is 0 Å². The molecular formula is C18H23F2NO3. The van der Waals surface area contributed by atoms with Crippen molar-refractivity contribution in [1.29, 1.82) is 0 Å². The zero-order valence-corrected chi connectivity index (χ0v) is 14.4. The van der Waals surface area contributed by atoms with Crippen molar-refractivity contribution in [2.24, 2.45) is 0 Å². The SMILES string of the molecule is Cc1cc(CCC(F)F)c(CO)c2ccn(C(=O)OC(C)(C)C)c12. The van der Waals surface area contributed by atoms with Gasteiger partial charge in [0.2, 0.25) is 6.43 Å². The molecule has 24 heavy (non-hydrogen) atoms. The van der Waals surface area contributed by atoms with Crippen LogP contribution in [-0.2, 0) is 17.8 Å². The van der Waals surface area contributed by atoms with Crippen LogP contribution in [0.3, 0.4) is 0 Å². The first-order valence-corrected chi connectivity index (χ1v) is 7.89. The number of rotatable bonds is 4. The first-order valence-electron chi connectivity index (χ1n) is 7.89. The molecule has 0 radical (unpaired) electrons. The van der Waals surface area contributed by atoms with E-state index >= 15 is 0 Å². The molecule has 132 valence electrons. The number of hydrogen-bond acceptors (Lipinski definition) is 3. The number of aromatic nitrogens is 1. The average molecular weight is 339 g/mol. The standard InChI is InChI=1S/C18H23F2NO3/c1-11-9-12(5-6-15(19)20)14(10-22)13-7-8-21(16(11)13)17(23)24-18(2,3)4/h7-9,15,22H,5-6,10H2,1-4H3. The van der Waals surface area contributed by atoms with Crippen molar-refractivity contribution in [3.8, 4) is 0 Å². The predicted molar refractivity (Wildman–Crippen MR) is 88.6 cm³/mol. The van der Waals surface area contributed by atoms with Gasteiger partial charge < -0.3 is 9.84 Å². The minimum Gasteiger partial charge on any atom is -0.443 e. The Balaban J connectivity index is 2.51. The molecule has 1 aromatic carbocycles. The van der Waals surface area contributed by atoms with Gasteiger partial charge in [-0.25, -0.2) is 13.6 Å². The summed E-state index contributed by atoms with van der Waals surface area (Å²) >= 11 is 0. The molecule has 6 heteroatoms. The molecule has 1 N–H and O–H groups in total. The highest BCUT2D eigenvalue weighted by atomic mass is 19.3. The number of aryl methyl sites for hydroxylation is 2. The summed E-state index contributed by atoms with van der Waals surface area (Å²) in [7, 11) is 0. The minimum absolute atomic E-state index is 0.182.